The van der Waals surface area contributed by atoms with Gasteiger partial charge in [-0.05, 0) is 17.7 Å². The molecule has 0 saturated carbocycles. The maximum absolute atomic E-state index is 13.0. The minimum atomic E-state index is -4.60. The number of allylic oxidation sites excluding steroid dienone is 1. The van der Waals surface area contributed by atoms with Crippen LogP contribution in [0.4, 0.5) is 13.2 Å². The van der Waals surface area contributed by atoms with Crippen LogP contribution in [0.15, 0.2) is 65.7 Å². The van der Waals surface area contributed by atoms with Crippen LogP contribution in [0.3, 0.4) is 0 Å². The smallest absolute Gasteiger partial charge is 0.268 e. The fourth-order valence-corrected chi connectivity index (χ4v) is 2.60. The van der Waals surface area contributed by atoms with Gasteiger partial charge in [-0.25, -0.2) is 4.98 Å². The molecule has 1 aromatic heterocycles. The van der Waals surface area contributed by atoms with Gasteiger partial charge in [-0.2, -0.15) is 13.2 Å². The number of hydrogen-bond donors (Lipinski definition) is 0. The normalized spacial score (nSPS) is 12.6. The average Bonchev–Trinajstić information content (AvgIpc) is 2.53. The Bertz CT molecular complexity index is 979. The molecular weight excluding hydrogens is 341 g/mol. The summed E-state index contributed by atoms with van der Waals surface area (Å²) in [5, 5.41) is 0.212. The summed E-state index contributed by atoms with van der Waals surface area (Å²) in [7, 11) is 0. The fourth-order valence-electron chi connectivity index (χ4n) is 2.35. The first-order valence-electron chi connectivity index (χ1n) is 6.88. The van der Waals surface area contributed by atoms with E-state index >= 15 is 0 Å². The molecule has 0 amide bonds. The lowest BCUT2D eigenvalue weighted by atomic mass is 10.1. The van der Waals surface area contributed by atoms with Crippen LogP contribution in [-0.4, -0.2) is 15.7 Å². The van der Waals surface area contributed by atoms with Gasteiger partial charge < -0.3 is 0 Å². The number of hydrogen-bond acceptors (Lipinski definition) is 2. The number of benzene rings is 2. The van der Waals surface area contributed by atoms with Crippen molar-refractivity contribution in [3.63, 3.8) is 0 Å². The summed E-state index contributed by atoms with van der Waals surface area (Å²) in [5.41, 5.74) is -0.416. The molecule has 3 aromatic rings. The van der Waals surface area contributed by atoms with E-state index in [1.165, 1.54) is 18.2 Å². The summed E-state index contributed by atoms with van der Waals surface area (Å²) in [5.74, 6) is 0. The van der Waals surface area contributed by atoms with E-state index in [4.69, 9.17) is 11.6 Å². The van der Waals surface area contributed by atoms with E-state index in [1.54, 1.807) is 30.3 Å². The van der Waals surface area contributed by atoms with E-state index in [0.29, 0.717) is 5.52 Å². The highest BCUT2D eigenvalue weighted by Crippen LogP contribution is 2.25. The zero-order valence-corrected chi connectivity index (χ0v) is 12.8. The molecule has 0 spiro atoms. The Morgan fingerprint density at radius 2 is 1.79 bits per heavy atom. The van der Waals surface area contributed by atoms with Gasteiger partial charge in [-0.1, -0.05) is 48.0 Å². The molecule has 0 aliphatic heterocycles. The Morgan fingerprint density at radius 3 is 2.46 bits per heavy atom. The Labute approximate surface area is 139 Å². The minimum absolute atomic E-state index is 0.0747. The molecule has 7 heteroatoms. The molecular formula is C17H10ClF3N2O. The van der Waals surface area contributed by atoms with Crippen molar-refractivity contribution in [3.05, 3.63) is 81.9 Å². The third-order valence-electron chi connectivity index (χ3n) is 3.37. The number of rotatable bonds is 2. The predicted molar refractivity (Wildman–Crippen MR) is 86.9 cm³/mol. The zero-order valence-electron chi connectivity index (χ0n) is 12.1. The highest BCUT2D eigenvalue weighted by molar-refractivity contribution is 6.35. The Morgan fingerprint density at radius 1 is 1.08 bits per heavy atom. The molecule has 0 N–H and O–H groups in total. The van der Waals surface area contributed by atoms with Crippen LogP contribution in [0, 0.1) is 0 Å². The van der Waals surface area contributed by atoms with Gasteiger partial charge in [-0.3, -0.25) is 9.36 Å². The fraction of sp³-hybridized carbons (Fsp3) is 0.0588. The quantitative estimate of drug-likeness (QED) is 0.682. The van der Waals surface area contributed by atoms with Crippen molar-refractivity contribution in [1.29, 1.82) is 0 Å². The molecule has 0 atom stereocenters. The molecule has 3 nitrogen and oxygen atoms in total. The zero-order chi connectivity index (χ0) is 17.3. The molecule has 0 fully saturated rings. The standard InChI is InChI=1S/C17H10ClF3N2O/c18-12-7-4-8-13-15(12)16(24)23(10-22-13)14(9-17(19,20)21)11-5-2-1-3-6-11/h1-10H/b14-9-. The maximum atomic E-state index is 13.0. The number of nitrogens with zero attached hydrogens (tertiary/aromatic N) is 2. The summed E-state index contributed by atoms with van der Waals surface area (Å²) in [6.07, 6.45) is -3.44. The van der Waals surface area contributed by atoms with Crippen molar-refractivity contribution >= 4 is 28.2 Å². The largest absolute Gasteiger partial charge is 0.411 e. The molecule has 0 aliphatic rings. The van der Waals surface area contributed by atoms with Crippen molar-refractivity contribution in [2.75, 3.05) is 0 Å². The van der Waals surface area contributed by atoms with Crippen molar-refractivity contribution in [1.82, 2.24) is 9.55 Å². The summed E-state index contributed by atoms with van der Waals surface area (Å²) in [6.45, 7) is 0. The topological polar surface area (TPSA) is 34.9 Å². The molecule has 122 valence electrons. The van der Waals surface area contributed by atoms with Crippen molar-refractivity contribution in [2.24, 2.45) is 0 Å². The molecule has 0 aliphatic carbocycles. The van der Waals surface area contributed by atoms with E-state index in [1.807, 2.05) is 0 Å². The molecule has 0 unspecified atom stereocenters. The molecule has 3 rings (SSSR count). The van der Waals surface area contributed by atoms with Crippen LogP contribution < -0.4 is 5.56 Å². The van der Waals surface area contributed by atoms with E-state index in [-0.39, 0.29) is 27.7 Å². The number of halogens is 4. The van der Waals surface area contributed by atoms with Crippen LogP contribution in [0.5, 0.6) is 0 Å². The third kappa shape index (κ3) is 3.19. The second-order valence-corrected chi connectivity index (χ2v) is 5.40. The first kappa shape index (κ1) is 16.3. The first-order chi connectivity index (χ1) is 11.4. The number of aromatic nitrogens is 2. The molecule has 1 heterocycles. The number of fused-ring (bicyclic) bond motifs is 1. The maximum Gasteiger partial charge on any atom is 0.411 e. The van der Waals surface area contributed by atoms with Gasteiger partial charge in [0.15, 0.2) is 0 Å². The van der Waals surface area contributed by atoms with E-state index in [9.17, 15) is 18.0 Å². The van der Waals surface area contributed by atoms with Crippen molar-refractivity contribution < 1.29 is 13.2 Å². The van der Waals surface area contributed by atoms with Crippen LogP contribution in [0.2, 0.25) is 5.02 Å². The Balaban J connectivity index is 2.33. The number of alkyl halides is 3. The summed E-state index contributed by atoms with van der Waals surface area (Å²) in [4.78, 5) is 16.7. The molecule has 0 saturated heterocycles. The first-order valence-corrected chi connectivity index (χ1v) is 7.26. The Hall–Kier alpha value is -2.60. The van der Waals surface area contributed by atoms with E-state index in [0.717, 1.165) is 10.9 Å². The lowest BCUT2D eigenvalue weighted by Gasteiger charge is -2.13. The lowest BCUT2D eigenvalue weighted by Crippen LogP contribution is -2.22. The SMILES string of the molecule is O=c1c2c(Cl)cccc2ncn1/C(=C\C(F)(F)F)c1ccccc1. The van der Waals surface area contributed by atoms with Gasteiger partial charge in [0.1, 0.15) is 6.33 Å². The monoisotopic (exact) mass is 350 g/mol. The van der Waals surface area contributed by atoms with E-state index in [2.05, 4.69) is 4.98 Å². The molecule has 0 bridgehead atoms. The van der Waals surface area contributed by atoms with Gasteiger partial charge in [-0.15, -0.1) is 0 Å². The molecule has 2 aromatic carbocycles. The van der Waals surface area contributed by atoms with Gasteiger partial charge in [0.25, 0.3) is 5.56 Å². The molecule has 0 radical (unpaired) electrons. The highest BCUT2D eigenvalue weighted by Gasteiger charge is 2.26. The second-order valence-electron chi connectivity index (χ2n) is 4.99. The van der Waals surface area contributed by atoms with Crippen LogP contribution in [0.1, 0.15) is 5.56 Å². The van der Waals surface area contributed by atoms with Gasteiger partial charge in [0, 0.05) is 6.08 Å². The lowest BCUT2D eigenvalue weighted by molar-refractivity contribution is -0.0795. The van der Waals surface area contributed by atoms with Crippen LogP contribution in [-0.2, 0) is 0 Å². The highest BCUT2D eigenvalue weighted by atomic mass is 35.5. The summed E-state index contributed by atoms with van der Waals surface area (Å²) < 4.78 is 39.7. The van der Waals surface area contributed by atoms with Crippen LogP contribution >= 0.6 is 11.6 Å². The van der Waals surface area contributed by atoms with Gasteiger partial charge in [0.2, 0.25) is 0 Å². The minimum Gasteiger partial charge on any atom is -0.268 e. The summed E-state index contributed by atoms with van der Waals surface area (Å²) in [6, 6.07) is 12.5. The Kier molecular flexibility index (Phi) is 4.15. The second kappa shape index (κ2) is 6.13. The van der Waals surface area contributed by atoms with E-state index < -0.39 is 11.7 Å². The van der Waals surface area contributed by atoms with Crippen LogP contribution in [0.25, 0.3) is 16.6 Å². The van der Waals surface area contributed by atoms with Gasteiger partial charge in [0.05, 0.1) is 21.6 Å². The van der Waals surface area contributed by atoms with Gasteiger partial charge >= 0.3 is 6.18 Å². The molecule has 24 heavy (non-hydrogen) atoms. The summed E-state index contributed by atoms with van der Waals surface area (Å²) >= 11 is 6.02. The third-order valence-corrected chi connectivity index (χ3v) is 3.68. The van der Waals surface area contributed by atoms with Crippen molar-refractivity contribution in [2.45, 2.75) is 6.18 Å². The average molecular weight is 351 g/mol. The predicted octanol–water partition coefficient (Wildman–Crippen LogP) is 4.50. The van der Waals surface area contributed by atoms with Crippen molar-refractivity contribution in [3.8, 4) is 0 Å².